The lowest BCUT2D eigenvalue weighted by molar-refractivity contribution is 0.0263. The molecule has 0 unspecified atom stereocenters. The first-order valence-electron chi connectivity index (χ1n) is 8.22. The third-order valence-electron chi connectivity index (χ3n) is 3.89. The maximum atomic E-state index is 6.28. The van der Waals surface area contributed by atoms with Gasteiger partial charge in [0, 0.05) is 35.7 Å². The van der Waals surface area contributed by atoms with E-state index in [1.54, 1.807) is 0 Å². The number of rotatable bonds is 5. The van der Waals surface area contributed by atoms with Crippen molar-refractivity contribution in [2.24, 2.45) is 4.99 Å². The van der Waals surface area contributed by atoms with Gasteiger partial charge in [-0.15, -0.1) is 24.0 Å². The molecule has 1 aromatic carbocycles. The topological polar surface area (TPSA) is 36.9 Å². The fourth-order valence-electron chi connectivity index (χ4n) is 2.71. The summed E-state index contributed by atoms with van der Waals surface area (Å²) in [5.41, 5.74) is 1.04. The van der Waals surface area contributed by atoms with Crippen molar-refractivity contribution in [3.05, 3.63) is 33.3 Å². The average molecular weight is 531 g/mol. The fraction of sp³-hybridized carbons (Fsp3) is 0.588. The van der Waals surface area contributed by atoms with Crippen molar-refractivity contribution in [1.29, 1.82) is 0 Å². The minimum atomic E-state index is 0. The molecular formula is C17H26BrClIN3O. The van der Waals surface area contributed by atoms with Crippen molar-refractivity contribution in [1.82, 2.24) is 10.2 Å². The molecule has 1 aliphatic rings. The van der Waals surface area contributed by atoms with Crippen LogP contribution in [0.4, 0.5) is 0 Å². The number of nitrogens with one attached hydrogen (secondary N) is 1. The average Bonchev–Trinajstić information content (AvgIpc) is 2.54. The molecular weight excluding hydrogens is 504 g/mol. The van der Waals surface area contributed by atoms with E-state index in [2.05, 4.69) is 40.0 Å². The SMILES string of the molecule is CCNC(=NCc1ccc(Br)cc1Cl)N1CCC(OCC)CC1.I. The lowest BCUT2D eigenvalue weighted by Gasteiger charge is -2.34. The predicted octanol–water partition coefficient (Wildman–Crippen LogP) is 4.69. The summed E-state index contributed by atoms with van der Waals surface area (Å²) in [5, 5.41) is 4.13. The molecule has 1 aromatic rings. The Balaban J connectivity index is 0.00000288. The van der Waals surface area contributed by atoms with Crippen LogP contribution in [-0.2, 0) is 11.3 Å². The van der Waals surface area contributed by atoms with Crippen LogP contribution >= 0.6 is 51.5 Å². The van der Waals surface area contributed by atoms with Crippen LogP contribution in [0, 0.1) is 0 Å². The van der Waals surface area contributed by atoms with Crippen molar-refractivity contribution in [2.45, 2.75) is 39.3 Å². The Bertz CT molecular complexity index is 537. The van der Waals surface area contributed by atoms with Crippen LogP contribution in [0.15, 0.2) is 27.7 Å². The second-order valence-corrected chi connectivity index (χ2v) is 6.87. The van der Waals surface area contributed by atoms with Gasteiger partial charge in [0.2, 0.25) is 0 Å². The van der Waals surface area contributed by atoms with Gasteiger partial charge in [0.1, 0.15) is 0 Å². The number of hydrogen-bond donors (Lipinski definition) is 1. The van der Waals surface area contributed by atoms with Gasteiger partial charge < -0.3 is 15.0 Å². The maximum Gasteiger partial charge on any atom is 0.194 e. The number of nitrogens with zero attached hydrogens (tertiary/aromatic N) is 2. The van der Waals surface area contributed by atoms with E-state index in [0.717, 1.165) is 60.1 Å². The van der Waals surface area contributed by atoms with E-state index in [1.165, 1.54) is 0 Å². The molecule has 24 heavy (non-hydrogen) atoms. The Hall–Kier alpha value is -0.0500. The molecule has 7 heteroatoms. The van der Waals surface area contributed by atoms with E-state index in [0.29, 0.717) is 12.6 Å². The van der Waals surface area contributed by atoms with Crippen LogP contribution < -0.4 is 5.32 Å². The highest BCUT2D eigenvalue weighted by molar-refractivity contribution is 14.0. The van der Waals surface area contributed by atoms with Crippen molar-refractivity contribution in [2.75, 3.05) is 26.2 Å². The maximum absolute atomic E-state index is 6.28. The molecule has 2 rings (SSSR count). The van der Waals surface area contributed by atoms with Crippen molar-refractivity contribution in [3.8, 4) is 0 Å². The summed E-state index contributed by atoms with van der Waals surface area (Å²) in [6.45, 7) is 8.34. The highest BCUT2D eigenvalue weighted by atomic mass is 127. The molecule has 136 valence electrons. The number of hydrogen-bond acceptors (Lipinski definition) is 2. The van der Waals surface area contributed by atoms with Crippen LogP contribution in [0.2, 0.25) is 5.02 Å². The summed E-state index contributed by atoms with van der Waals surface area (Å²) in [5.74, 6) is 0.960. The molecule has 1 N–H and O–H groups in total. The molecule has 1 fully saturated rings. The third kappa shape index (κ3) is 6.69. The molecule has 1 heterocycles. The number of piperidine rings is 1. The molecule has 0 atom stereocenters. The monoisotopic (exact) mass is 529 g/mol. The normalized spacial score (nSPS) is 16.0. The lowest BCUT2D eigenvalue weighted by Crippen LogP contribution is -2.47. The highest BCUT2D eigenvalue weighted by Gasteiger charge is 2.21. The zero-order valence-corrected chi connectivity index (χ0v) is 18.9. The predicted molar refractivity (Wildman–Crippen MR) is 116 cm³/mol. The number of likely N-dealkylation sites (tertiary alicyclic amines) is 1. The van der Waals surface area contributed by atoms with Gasteiger partial charge in [-0.05, 0) is 44.4 Å². The second-order valence-electron chi connectivity index (χ2n) is 5.55. The van der Waals surface area contributed by atoms with Crippen LogP contribution in [0.5, 0.6) is 0 Å². The van der Waals surface area contributed by atoms with Crippen LogP contribution in [0.3, 0.4) is 0 Å². The Morgan fingerprint density at radius 1 is 1.38 bits per heavy atom. The zero-order chi connectivity index (χ0) is 16.7. The fourth-order valence-corrected chi connectivity index (χ4v) is 3.44. The van der Waals surface area contributed by atoms with Crippen LogP contribution in [0.1, 0.15) is 32.3 Å². The summed E-state index contributed by atoms with van der Waals surface area (Å²) in [7, 11) is 0. The second kappa shape index (κ2) is 11.5. The molecule has 0 amide bonds. The molecule has 0 aliphatic carbocycles. The first kappa shape index (κ1) is 22.0. The van der Waals surface area contributed by atoms with Crippen molar-refractivity contribution >= 4 is 57.5 Å². The number of benzene rings is 1. The minimum absolute atomic E-state index is 0. The largest absolute Gasteiger partial charge is 0.378 e. The molecule has 0 aromatic heterocycles. The molecule has 1 aliphatic heterocycles. The van der Waals surface area contributed by atoms with Crippen LogP contribution in [0.25, 0.3) is 0 Å². The van der Waals surface area contributed by atoms with E-state index in [9.17, 15) is 0 Å². The van der Waals surface area contributed by atoms with Gasteiger partial charge in [0.05, 0.1) is 12.6 Å². The lowest BCUT2D eigenvalue weighted by atomic mass is 10.1. The zero-order valence-electron chi connectivity index (χ0n) is 14.2. The molecule has 4 nitrogen and oxygen atoms in total. The third-order valence-corrected chi connectivity index (χ3v) is 4.74. The van der Waals surface area contributed by atoms with Gasteiger partial charge >= 0.3 is 0 Å². The van der Waals surface area contributed by atoms with E-state index in [-0.39, 0.29) is 24.0 Å². The Kier molecular flexibility index (Phi) is 10.6. The van der Waals surface area contributed by atoms with Crippen molar-refractivity contribution < 1.29 is 4.74 Å². The quantitative estimate of drug-likeness (QED) is 0.341. The Morgan fingerprint density at radius 2 is 2.08 bits per heavy atom. The summed E-state index contributed by atoms with van der Waals surface area (Å²) < 4.78 is 6.70. The summed E-state index contributed by atoms with van der Waals surface area (Å²) in [6, 6.07) is 5.92. The summed E-state index contributed by atoms with van der Waals surface area (Å²) in [6.07, 6.45) is 2.49. The van der Waals surface area contributed by atoms with E-state index in [4.69, 9.17) is 21.3 Å². The standard InChI is InChI=1S/C17H25BrClN3O.HI/c1-3-20-17(22-9-7-15(8-10-22)23-4-2)21-12-13-5-6-14(18)11-16(13)19;/h5-6,11,15H,3-4,7-10,12H2,1-2H3,(H,20,21);1H. The van der Waals surface area contributed by atoms with Gasteiger partial charge in [-0.2, -0.15) is 0 Å². The number of aliphatic imine (C=N–C) groups is 1. The van der Waals surface area contributed by atoms with E-state index in [1.807, 2.05) is 18.2 Å². The summed E-state index contributed by atoms with van der Waals surface area (Å²) in [4.78, 5) is 7.07. The van der Waals surface area contributed by atoms with Gasteiger partial charge in [0.15, 0.2) is 5.96 Å². The first-order valence-corrected chi connectivity index (χ1v) is 9.40. The minimum Gasteiger partial charge on any atom is -0.378 e. The van der Waals surface area contributed by atoms with Crippen molar-refractivity contribution in [3.63, 3.8) is 0 Å². The first-order chi connectivity index (χ1) is 11.1. The van der Waals surface area contributed by atoms with Gasteiger partial charge in [0.25, 0.3) is 0 Å². The Labute approximate surface area is 175 Å². The van der Waals surface area contributed by atoms with Gasteiger partial charge in [-0.1, -0.05) is 33.6 Å². The molecule has 0 saturated carbocycles. The highest BCUT2D eigenvalue weighted by Crippen LogP contribution is 2.22. The Morgan fingerprint density at radius 3 is 2.67 bits per heavy atom. The van der Waals surface area contributed by atoms with E-state index >= 15 is 0 Å². The smallest absolute Gasteiger partial charge is 0.194 e. The van der Waals surface area contributed by atoms with Crippen LogP contribution in [-0.4, -0.2) is 43.2 Å². The van der Waals surface area contributed by atoms with Gasteiger partial charge in [-0.25, -0.2) is 4.99 Å². The molecule has 0 spiro atoms. The molecule has 1 saturated heterocycles. The number of ether oxygens (including phenoxy) is 1. The van der Waals surface area contributed by atoms with Gasteiger partial charge in [-0.3, -0.25) is 0 Å². The molecule has 0 bridgehead atoms. The number of halogens is 3. The number of guanidine groups is 1. The molecule has 0 radical (unpaired) electrons. The van der Waals surface area contributed by atoms with E-state index < -0.39 is 0 Å². The summed E-state index contributed by atoms with van der Waals surface area (Å²) >= 11 is 9.71.